The molecular formula is C33H35NO7S. The monoisotopic (exact) mass is 589 g/mol. The third-order valence-corrected chi connectivity index (χ3v) is 9.61. The van der Waals surface area contributed by atoms with E-state index in [2.05, 4.69) is 0 Å². The lowest BCUT2D eigenvalue weighted by Gasteiger charge is -2.38. The third-order valence-electron chi connectivity index (χ3n) is 7.74. The van der Waals surface area contributed by atoms with Crippen molar-refractivity contribution in [2.75, 3.05) is 20.3 Å². The van der Waals surface area contributed by atoms with Gasteiger partial charge in [-0.1, -0.05) is 60.2 Å². The van der Waals surface area contributed by atoms with Crippen LogP contribution < -0.4 is 4.74 Å². The van der Waals surface area contributed by atoms with Crippen LogP contribution in [0.5, 0.6) is 5.75 Å². The highest BCUT2D eigenvalue weighted by Crippen LogP contribution is 2.60. The van der Waals surface area contributed by atoms with Crippen molar-refractivity contribution in [3.63, 3.8) is 0 Å². The number of carbonyl (C=O) groups is 2. The molecule has 42 heavy (non-hydrogen) atoms. The van der Waals surface area contributed by atoms with Gasteiger partial charge in [-0.25, -0.2) is 18.0 Å². The molecule has 1 aliphatic carbocycles. The molecule has 0 aromatic heterocycles. The maximum atomic E-state index is 14.9. The number of rotatable bonds is 10. The lowest BCUT2D eigenvalue weighted by atomic mass is 9.82. The van der Waals surface area contributed by atoms with Crippen molar-refractivity contribution >= 4 is 27.5 Å². The smallest absolute Gasteiger partial charge is 0.344 e. The Bertz CT molecular complexity index is 1570. The topological polar surface area (TPSA) is 99.2 Å². The Morgan fingerprint density at radius 3 is 1.93 bits per heavy atom. The molecule has 1 aliphatic heterocycles. The van der Waals surface area contributed by atoms with E-state index >= 15 is 0 Å². The van der Waals surface area contributed by atoms with Gasteiger partial charge in [0.25, 0.3) is 5.54 Å². The van der Waals surface area contributed by atoms with E-state index in [-0.39, 0.29) is 29.6 Å². The number of esters is 2. The molecule has 0 amide bonds. The molecule has 0 N–H and O–H groups in total. The van der Waals surface area contributed by atoms with Crippen LogP contribution >= 0.6 is 0 Å². The van der Waals surface area contributed by atoms with E-state index in [4.69, 9.17) is 14.2 Å². The van der Waals surface area contributed by atoms with Gasteiger partial charge in [-0.05, 0) is 80.5 Å². The summed E-state index contributed by atoms with van der Waals surface area (Å²) in [6.07, 6.45) is 1.58. The van der Waals surface area contributed by atoms with Crippen LogP contribution in [0.1, 0.15) is 49.4 Å². The normalized spacial score (nSPS) is 18.5. The first kappa shape index (κ1) is 29.5. The summed E-state index contributed by atoms with van der Waals surface area (Å²) in [6.45, 7) is 4.97. The van der Waals surface area contributed by atoms with Crippen LogP contribution in [0.15, 0.2) is 89.3 Å². The van der Waals surface area contributed by atoms with Crippen molar-refractivity contribution in [2.45, 2.75) is 50.1 Å². The summed E-state index contributed by atoms with van der Waals surface area (Å²) in [5.41, 5.74) is 0.561. The predicted octanol–water partition coefficient (Wildman–Crippen LogP) is 5.48. The van der Waals surface area contributed by atoms with Crippen LogP contribution in [-0.4, -0.2) is 50.5 Å². The van der Waals surface area contributed by atoms with Crippen molar-refractivity contribution in [1.82, 2.24) is 4.31 Å². The highest BCUT2D eigenvalue weighted by atomic mass is 32.2. The summed E-state index contributed by atoms with van der Waals surface area (Å²) in [7, 11) is -2.97. The molecule has 0 radical (unpaired) electrons. The largest absolute Gasteiger partial charge is 0.497 e. The molecule has 3 aromatic carbocycles. The maximum absolute atomic E-state index is 14.9. The number of hydrogen-bond donors (Lipinski definition) is 0. The lowest BCUT2D eigenvalue weighted by Crippen LogP contribution is -2.61. The minimum absolute atomic E-state index is 0.0434. The molecule has 0 saturated heterocycles. The summed E-state index contributed by atoms with van der Waals surface area (Å²) in [6, 6.07) is 21.5. The number of nitrogens with zero attached hydrogens (tertiary/aromatic N) is 1. The second-order valence-electron chi connectivity index (χ2n) is 10.4. The van der Waals surface area contributed by atoms with E-state index in [1.54, 1.807) is 57.4 Å². The van der Waals surface area contributed by atoms with Gasteiger partial charge in [-0.2, -0.15) is 4.31 Å². The molecule has 2 aliphatic rings. The fourth-order valence-corrected chi connectivity index (χ4v) is 7.58. The number of benzene rings is 3. The van der Waals surface area contributed by atoms with Crippen LogP contribution in [-0.2, 0) is 29.1 Å². The van der Waals surface area contributed by atoms with Crippen LogP contribution in [0.25, 0.3) is 5.57 Å². The SMILES string of the molecule is CCOC(=O)C1(C(=O)OCC)C(c2ccc(OC)cc2)=C(C2CC2)C(c2ccccc2)N1S(=O)(=O)c1ccc(C)cc1. The van der Waals surface area contributed by atoms with Crippen molar-refractivity contribution in [3.05, 3.63) is 101 Å². The quantitative estimate of drug-likeness (QED) is 0.228. The van der Waals surface area contributed by atoms with Gasteiger partial charge in [0.05, 0.1) is 31.3 Å². The molecule has 3 aromatic rings. The molecule has 1 unspecified atom stereocenters. The van der Waals surface area contributed by atoms with Crippen molar-refractivity contribution in [3.8, 4) is 5.75 Å². The van der Waals surface area contributed by atoms with Gasteiger partial charge in [0, 0.05) is 5.57 Å². The van der Waals surface area contributed by atoms with Gasteiger partial charge >= 0.3 is 11.9 Å². The Kier molecular flexibility index (Phi) is 8.25. The zero-order valence-electron chi connectivity index (χ0n) is 24.2. The Morgan fingerprint density at radius 2 is 1.43 bits per heavy atom. The van der Waals surface area contributed by atoms with E-state index < -0.39 is 33.5 Å². The molecule has 1 saturated carbocycles. The van der Waals surface area contributed by atoms with Gasteiger partial charge in [0.1, 0.15) is 5.75 Å². The molecule has 1 atom stereocenters. The van der Waals surface area contributed by atoms with Crippen molar-refractivity contribution in [2.24, 2.45) is 5.92 Å². The van der Waals surface area contributed by atoms with Gasteiger partial charge in [-0.15, -0.1) is 0 Å². The van der Waals surface area contributed by atoms with Gasteiger partial charge < -0.3 is 14.2 Å². The minimum Gasteiger partial charge on any atom is -0.497 e. The predicted molar refractivity (Wildman–Crippen MR) is 158 cm³/mol. The van der Waals surface area contributed by atoms with E-state index in [0.717, 1.165) is 22.7 Å². The second-order valence-corrected chi connectivity index (χ2v) is 12.2. The first-order valence-corrected chi connectivity index (χ1v) is 15.5. The summed E-state index contributed by atoms with van der Waals surface area (Å²) in [5.74, 6) is -1.47. The summed E-state index contributed by atoms with van der Waals surface area (Å²) >= 11 is 0. The fourth-order valence-electron chi connectivity index (χ4n) is 5.76. The molecule has 5 rings (SSSR count). The van der Waals surface area contributed by atoms with Gasteiger partial charge in [0.15, 0.2) is 0 Å². The standard InChI is InChI=1S/C33H35NO7S/c1-5-40-31(35)33(32(36)41-6-2)29(24-16-18-26(39-4)19-17-24)28(23-14-15-23)30(25-10-8-7-9-11-25)34(33)42(37,38)27-20-12-22(3)13-21-27/h7-13,16-21,23,30H,5-6,14-15H2,1-4H3. The zero-order valence-corrected chi connectivity index (χ0v) is 25.0. The number of methoxy groups -OCH3 is 1. The zero-order chi connectivity index (χ0) is 30.1. The Balaban J connectivity index is 1.94. The average molecular weight is 590 g/mol. The maximum Gasteiger partial charge on any atom is 0.344 e. The van der Waals surface area contributed by atoms with E-state index in [1.807, 2.05) is 37.3 Å². The van der Waals surface area contributed by atoms with E-state index in [9.17, 15) is 18.0 Å². The molecule has 9 heteroatoms. The Labute approximate surface area is 247 Å². The summed E-state index contributed by atoms with van der Waals surface area (Å²) in [4.78, 5) is 28.8. The number of ether oxygens (including phenoxy) is 3. The molecule has 1 fully saturated rings. The molecule has 220 valence electrons. The first-order chi connectivity index (χ1) is 20.2. The van der Waals surface area contributed by atoms with Crippen LogP contribution in [0, 0.1) is 12.8 Å². The fraction of sp³-hybridized carbons (Fsp3) is 0.333. The average Bonchev–Trinajstić information content (AvgIpc) is 3.78. The lowest BCUT2D eigenvalue weighted by molar-refractivity contribution is -0.166. The number of hydrogen-bond acceptors (Lipinski definition) is 7. The first-order valence-electron chi connectivity index (χ1n) is 14.1. The van der Waals surface area contributed by atoms with Crippen molar-refractivity contribution in [1.29, 1.82) is 0 Å². The van der Waals surface area contributed by atoms with Crippen LogP contribution in [0.3, 0.4) is 0 Å². The van der Waals surface area contributed by atoms with Gasteiger partial charge in [-0.3, -0.25) is 0 Å². The highest BCUT2D eigenvalue weighted by molar-refractivity contribution is 7.89. The molecule has 0 spiro atoms. The van der Waals surface area contributed by atoms with E-state index in [1.165, 1.54) is 12.1 Å². The molecule has 8 nitrogen and oxygen atoms in total. The molecule has 0 bridgehead atoms. The van der Waals surface area contributed by atoms with E-state index in [0.29, 0.717) is 22.4 Å². The molecule has 1 heterocycles. The van der Waals surface area contributed by atoms with Gasteiger partial charge in [0.2, 0.25) is 10.0 Å². The number of carbonyl (C=O) groups excluding carboxylic acids is 2. The Morgan fingerprint density at radius 1 is 0.857 bits per heavy atom. The minimum atomic E-state index is -4.51. The molecular weight excluding hydrogens is 554 g/mol. The van der Waals surface area contributed by atoms with Crippen LogP contribution in [0.2, 0.25) is 0 Å². The Hall–Kier alpha value is -3.95. The summed E-state index contributed by atoms with van der Waals surface area (Å²) < 4.78 is 47.4. The van der Waals surface area contributed by atoms with Crippen LogP contribution in [0.4, 0.5) is 0 Å². The number of aryl methyl sites for hydroxylation is 1. The highest BCUT2D eigenvalue weighted by Gasteiger charge is 2.69. The third kappa shape index (κ3) is 4.90. The van der Waals surface area contributed by atoms with Crippen molar-refractivity contribution < 1.29 is 32.2 Å². The summed E-state index contributed by atoms with van der Waals surface area (Å²) in [5, 5.41) is 0. The number of sulfonamides is 1. The second kappa shape index (κ2) is 11.7.